The van der Waals surface area contributed by atoms with Crippen molar-refractivity contribution in [3.63, 3.8) is 0 Å². The van der Waals surface area contributed by atoms with Crippen molar-refractivity contribution in [3.05, 3.63) is 29.3 Å². The van der Waals surface area contributed by atoms with E-state index >= 15 is 0 Å². The molecule has 0 aromatic heterocycles. The highest BCUT2D eigenvalue weighted by molar-refractivity contribution is 9.09. The van der Waals surface area contributed by atoms with Crippen LogP contribution in [0.3, 0.4) is 0 Å². The molecule has 1 saturated carbocycles. The van der Waals surface area contributed by atoms with Crippen molar-refractivity contribution in [3.8, 4) is 5.75 Å². The molecule has 0 radical (unpaired) electrons. The van der Waals surface area contributed by atoms with Crippen LogP contribution < -0.4 is 4.74 Å². The first-order chi connectivity index (χ1) is 7.63. The van der Waals surface area contributed by atoms with Gasteiger partial charge in [-0.1, -0.05) is 41.9 Å². The van der Waals surface area contributed by atoms with E-state index in [2.05, 4.69) is 48.0 Å². The fraction of sp³-hybridized carbons (Fsp3) is 0.571. The van der Waals surface area contributed by atoms with Crippen LogP contribution in [-0.2, 0) is 5.41 Å². The zero-order chi connectivity index (χ0) is 11.8. The van der Waals surface area contributed by atoms with Gasteiger partial charge in [0.1, 0.15) is 5.75 Å². The van der Waals surface area contributed by atoms with Gasteiger partial charge in [0, 0.05) is 10.7 Å². The third-order valence-corrected chi connectivity index (χ3v) is 4.65. The average molecular weight is 283 g/mol. The van der Waals surface area contributed by atoms with Crippen LogP contribution in [0.4, 0.5) is 0 Å². The molecule has 0 heterocycles. The van der Waals surface area contributed by atoms with Crippen LogP contribution in [0, 0.1) is 0 Å². The molecule has 0 amide bonds. The van der Waals surface area contributed by atoms with E-state index in [0.717, 1.165) is 11.1 Å². The molecule has 0 atom stereocenters. The fourth-order valence-electron chi connectivity index (χ4n) is 2.17. The second kappa shape index (κ2) is 4.40. The van der Waals surface area contributed by atoms with Crippen molar-refractivity contribution in [2.24, 2.45) is 0 Å². The SMILES string of the molecule is COc1ccc(C2(CBr)CC2)cc1C(C)C. The molecule has 2 rings (SSSR count). The highest BCUT2D eigenvalue weighted by atomic mass is 79.9. The predicted molar refractivity (Wildman–Crippen MR) is 71.8 cm³/mol. The zero-order valence-electron chi connectivity index (χ0n) is 10.2. The van der Waals surface area contributed by atoms with Gasteiger partial charge < -0.3 is 4.74 Å². The number of alkyl halides is 1. The molecule has 88 valence electrons. The Labute approximate surface area is 106 Å². The summed E-state index contributed by atoms with van der Waals surface area (Å²) in [5, 5.41) is 1.07. The van der Waals surface area contributed by atoms with E-state index in [0.29, 0.717) is 11.3 Å². The molecule has 0 unspecified atom stereocenters. The first-order valence-corrected chi connectivity index (χ1v) is 6.99. The minimum absolute atomic E-state index is 0.413. The molecule has 0 saturated heterocycles. The summed E-state index contributed by atoms with van der Waals surface area (Å²) < 4.78 is 5.42. The van der Waals surface area contributed by atoms with Gasteiger partial charge in [-0.15, -0.1) is 0 Å². The Hall–Kier alpha value is -0.500. The van der Waals surface area contributed by atoms with E-state index in [1.807, 2.05) is 0 Å². The lowest BCUT2D eigenvalue weighted by Gasteiger charge is -2.17. The van der Waals surface area contributed by atoms with Crippen molar-refractivity contribution in [2.45, 2.75) is 38.0 Å². The molecule has 1 aromatic rings. The molecule has 16 heavy (non-hydrogen) atoms. The number of benzene rings is 1. The lowest BCUT2D eigenvalue weighted by atomic mass is 9.92. The van der Waals surface area contributed by atoms with Gasteiger partial charge in [-0.2, -0.15) is 0 Å². The smallest absolute Gasteiger partial charge is 0.122 e. The summed E-state index contributed by atoms with van der Waals surface area (Å²) in [5.41, 5.74) is 3.21. The zero-order valence-corrected chi connectivity index (χ0v) is 11.8. The lowest BCUT2D eigenvalue weighted by molar-refractivity contribution is 0.407. The minimum atomic E-state index is 0.413. The van der Waals surface area contributed by atoms with E-state index in [-0.39, 0.29) is 0 Å². The Morgan fingerprint density at radius 2 is 2.06 bits per heavy atom. The second-order valence-electron chi connectivity index (χ2n) is 5.03. The van der Waals surface area contributed by atoms with E-state index in [1.54, 1.807) is 7.11 Å². The summed E-state index contributed by atoms with van der Waals surface area (Å²) in [6.45, 7) is 4.44. The van der Waals surface area contributed by atoms with Crippen LogP contribution in [0.2, 0.25) is 0 Å². The first kappa shape index (κ1) is 12.0. The van der Waals surface area contributed by atoms with Crippen molar-refractivity contribution in [2.75, 3.05) is 12.4 Å². The topological polar surface area (TPSA) is 9.23 Å². The normalized spacial score (nSPS) is 17.6. The van der Waals surface area contributed by atoms with Gasteiger partial charge in [0.15, 0.2) is 0 Å². The third-order valence-electron chi connectivity index (χ3n) is 3.57. The molecular formula is C14H19BrO. The molecule has 0 bridgehead atoms. The van der Waals surface area contributed by atoms with Crippen LogP contribution in [0.15, 0.2) is 18.2 Å². The Bertz CT molecular complexity index is 380. The summed E-state index contributed by atoms with van der Waals surface area (Å²) in [7, 11) is 1.75. The molecule has 0 spiro atoms. The van der Waals surface area contributed by atoms with Gasteiger partial charge in [-0.25, -0.2) is 0 Å². The van der Waals surface area contributed by atoms with Crippen LogP contribution in [0.5, 0.6) is 5.75 Å². The average Bonchev–Trinajstić information content (AvgIpc) is 3.09. The second-order valence-corrected chi connectivity index (χ2v) is 5.59. The highest BCUT2D eigenvalue weighted by Crippen LogP contribution is 2.50. The molecule has 1 aliphatic carbocycles. The van der Waals surface area contributed by atoms with Gasteiger partial charge in [0.25, 0.3) is 0 Å². The molecule has 1 aliphatic rings. The van der Waals surface area contributed by atoms with Gasteiger partial charge in [0.05, 0.1) is 7.11 Å². The number of methoxy groups -OCH3 is 1. The lowest BCUT2D eigenvalue weighted by Crippen LogP contribution is -2.09. The molecule has 1 aromatic carbocycles. The number of ether oxygens (including phenoxy) is 1. The molecule has 2 heteroatoms. The van der Waals surface area contributed by atoms with Crippen molar-refractivity contribution < 1.29 is 4.74 Å². The third kappa shape index (κ3) is 2.00. The van der Waals surface area contributed by atoms with Crippen molar-refractivity contribution >= 4 is 15.9 Å². The maximum Gasteiger partial charge on any atom is 0.122 e. The van der Waals surface area contributed by atoms with E-state index in [4.69, 9.17) is 4.74 Å². The number of halogens is 1. The Morgan fingerprint density at radius 3 is 2.50 bits per heavy atom. The van der Waals surface area contributed by atoms with Gasteiger partial charge >= 0.3 is 0 Å². The van der Waals surface area contributed by atoms with E-state index in [9.17, 15) is 0 Å². The largest absolute Gasteiger partial charge is 0.496 e. The Kier molecular flexibility index (Phi) is 3.29. The summed E-state index contributed by atoms with van der Waals surface area (Å²) in [4.78, 5) is 0. The first-order valence-electron chi connectivity index (χ1n) is 5.87. The molecule has 1 nitrogen and oxygen atoms in total. The Morgan fingerprint density at radius 1 is 1.38 bits per heavy atom. The molecule has 0 aliphatic heterocycles. The van der Waals surface area contributed by atoms with Crippen molar-refractivity contribution in [1.29, 1.82) is 0 Å². The molecular weight excluding hydrogens is 264 g/mol. The summed E-state index contributed by atoms with van der Waals surface area (Å²) in [5.74, 6) is 1.53. The monoisotopic (exact) mass is 282 g/mol. The quantitative estimate of drug-likeness (QED) is 0.751. The minimum Gasteiger partial charge on any atom is -0.496 e. The summed E-state index contributed by atoms with van der Waals surface area (Å²) >= 11 is 3.64. The summed E-state index contributed by atoms with van der Waals surface area (Å²) in [6, 6.07) is 6.67. The maximum atomic E-state index is 5.42. The number of rotatable bonds is 4. The van der Waals surface area contributed by atoms with Gasteiger partial charge in [-0.05, 0) is 36.0 Å². The standard InChI is InChI=1S/C14H19BrO/c1-10(2)12-8-11(4-5-13(12)16-3)14(9-15)6-7-14/h4-5,8,10H,6-7,9H2,1-3H3. The number of hydrogen-bond acceptors (Lipinski definition) is 1. The van der Waals surface area contributed by atoms with E-state index < -0.39 is 0 Å². The van der Waals surface area contributed by atoms with Gasteiger partial charge in [0.2, 0.25) is 0 Å². The van der Waals surface area contributed by atoms with Crippen LogP contribution in [0.1, 0.15) is 43.7 Å². The summed E-state index contributed by atoms with van der Waals surface area (Å²) in [6.07, 6.45) is 2.62. The Balaban J connectivity index is 2.39. The molecule has 1 fully saturated rings. The van der Waals surface area contributed by atoms with E-state index in [1.165, 1.54) is 24.0 Å². The number of hydrogen-bond donors (Lipinski definition) is 0. The van der Waals surface area contributed by atoms with Crippen molar-refractivity contribution in [1.82, 2.24) is 0 Å². The van der Waals surface area contributed by atoms with Gasteiger partial charge in [-0.3, -0.25) is 0 Å². The van der Waals surface area contributed by atoms with Crippen LogP contribution in [0.25, 0.3) is 0 Å². The van der Waals surface area contributed by atoms with Crippen LogP contribution >= 0.6 is 15.9 Å². The maximum absolute atomic E-state index is 5.42. The fourth-order valence-corrected chi connectivity index (χ4v) is 3.05. The molecule has 0 N–H and O–H groups in total. The predicted octanol–water partition coefficient (Wildman–Crippen LogP) is 4.25. The highest BCUT2D eigenvalue weighted by Gasteiger charge is 2.43. The van der Waals surface area contributed by atoms with Crippen LogP contribution in [-0.4, -0.2) is 12.4 Å².